The van der Waals surface area contributed by atoms with Crippen molar-refractivity contribution >= 4 is 11.8 Å². The number of hydrogen-bond acceptors (Lipinski definition) is 4. The van der Waals surface area contributed by atoms with Gasteiger partial charge in [0.2, 0.25) is 5.91 Å². The molecule has 0 fully saturated rings. The van der Waals surface area contributed by atoms with E-state index >= 15 is 0 Å². The molecule has 1 N–H and O–H groups in total. The molecule has 0 bridgehead atoms. The molecule has 32 heavy (non-hydrogen) atoms. The van der Waals surface area contributed by atoms with Crippen LogP contribution in [-0.2, 0) is 22.6 Å². The van der Waals surface area contributed by atoms with Crippen LogP contribution in [0.15, 0.2) is 48.5 Å². The van der Waals surface area contributed by atoms with Gasteiger partial charge in [0.15, 0.2) is 6.61 Å². The van der Waals surface area contributed by atoms with Gasteiger partial charge in [-0.3, -0.25) is 9.59 Å². The van der Waals surface area contributed by atoms with Gasteiger partial charge in [0.25, 0.3) is 5.91 Å². The van der Waals surface area contributed by atoms with Crippen molar-refractivity contribution in [2.24, 2.45) is 0 Å². The molecule has 0 heterocycles. The van der Waals surface area contributed by atoms with Crippen LogP contribution in [0.4, 0.5) is 0 Å². The summed E-state index contributed by atoms with van der Waals surface area (Å²) in [5.74, 6) is 0.959. The Bertz CT molecular complexity index is 870. The van der Waals surface area contributed by atoms with Gasteiger partial charge in [-0.25, -0.2) is 0 Å². The van der Waals surface area contributed by atoms with Gasteiger partial charge in [-0.15, -0.1) is 0 Å². The molecule has 0 unspecified atom stereocenters. The predicted molar refractivity (Wildman–Crippen MR) is 127 cm³/mol. The number of nitrogens with zero attached hydrogens (tertiary/aromatic N) is 1. The first kappa shape index (κ1) is 25.2. The normalized spacial score (nSPS) is 12.1. The zero-order valence-corrected chi connectivity index (χ0v) is 20.1. The van der Waals surface area contributed by atoms with Gasteiger partial charge < -0.3 is 19.7 Å². The highest BCUT2D eigenvalue weighted by atomic mass is 16.5. The van der Waals surface area contributed by atoms with Crippen molar-refractivity contribution in [2.45, 2.75) is 65.6 Å². The molecular weight excluding hydrogens is 404 g/mol. The van der Waals surface area contributed by atoms with E-state index in [1.54, 1.807) is 12.0 Å². The third kappa shape index (κ3) is 7.59. The summed E-state index contributed by atoms with van der Waals surface area (Å²) in [6.07, 6.45) is 1.44. The molecule has 1 atom stereocenters. The second kappa shape index (κ2) is 11.6. The lowest BCUT2D eigenvalue weighted by Crippen LogP contribution is -2.54. The second-order valence-electron chi connectivity index (χ2n) is 8.82. The second-order valence-corrected chi connectivity index (χ2v) is 8.82. The number of amides is 2. The Hall–Kier alpha value is -3.02. The monoisotopic (exact) mass is 440 g/mol. The van der Waals surface area contributed by atoms with Crippen LogP contribution in [-0.4, -0.2) is 42.0 Å². The van der Waals surface area contributed by atoms with E-state index < -0.39 is 11.6 Å². The standard InChI is InChI=1S/C26H36N2O4/c1-7-19-9-15-22(16-10-19)32-18-24(29)28(17-20-11-13-21(31-6)14-12-20)23(8-2)25(30)27-26(3,4)5/h9-16,23H,7-8,17-18H2,1-6H3,(H,27,30)/t23-/m0/s1. The van der Waals surface area contributed by atoms with Crippen LogP contribution >= 0.6 is 0 Å². The highest BCUT2D eigenvalue weighted by Gasteiger charge is 2.30. The maximum Gasteiger partial charge on any atom is 0.261 e. The first-order valence-corrected chi connectivity index (χ1v) is 11.1. The van der Waals surface area contributed by atoms with Gasteiger partial charge in [-0.1, -0.05) is 38.1 Å². The number of carbonyl (C=O) groups is 2. The van der Waals surface area contributed by atoms with E-state index in [9.17, 15) is 9.59 Å². The molecule has 2 rings (SSSR count). The fraction of sp³-hybridized carbons (Fsp3) is 0.462. The molecule has 0 aliphatic heterocycles. The fourth-order valence-corrected chi connectivity index (χ4v) is 3.35. The number of benzene rings is 2. The Morgan fingerprint density at radius 2 is 1.50 bits per heavy atom. The zero-order chi connectivity index (χ0) is 23.7. The SMILES string of the molecule is CCc1ccc(OCC(=O)N(Cc2ccc(OC)cc2)[C@@H](CC)C(=O)NC(C)(C)C)cc1. The minimum Gasteiger partial charge on any atom is -0.497 e. The largest absolute Gasteiger partial charge is 0.497 e. The van der Waals surface area contributed by atoms with E-state index in [4.69, 9.17) is 9.47 Å². The van der Waals surface area contributed by atoms with E-state index in [0.29, 0.717) is 18.7 Å². The third-order valence-corrected chi connectivity index (χ3v) is 5.09. The molecule has 2 aromatic carbocycles. The topological polar surface area (TPSA) is 67.9 Å². The molecule has 6 heteroatoms. The zero-order valence-electron chi connectivity index (χ0n) is 20.1. The minimum atomic E-state index is -0.602. The lowest BCUT2D eigenvalue weighted by molar-refractivity contribution is -0.143. The highest BCUT2D eigenvalue weighted by molar-refractivity contribution is 5.88. The summed E-state index contributed by atoms with van der Waals surface area (Å²) in [5.41, 5.74) is 1.72. The molecule has 2 amide bonds. The van der Waals surface area contributed by atoms with Crippen molar-refractivity contribution in [1.29, 1.82) is 0 Å². The predicted octanol–water partition coefficient (Wildman–Crippen LogP) is 4.36. The van der Waals surface area contributed by atoms with Crippen LogP contribution in [0, 0.1) is 0 Å². The molecule has 0 aromatic heterocycles. The van der Waals surface area contributed by atoms with Crippen LogP contribution in [0.5, 0.6) is 11.5 Å². The van der Waals surface area contributed by atoms with E-state index in [0.717, 1.165) is 17.7 Å². The molecule has 0 radical (unpaired) electrons. The van der Waals surface area contributed by atoms with E-state index in [-0.39, 0.29) is 18.4 Å². The van der Waals surface area contributed by atoms with Crippen molar-refractivity contribution < 1.29 is 19.1 Å². The number of aryl methyl sites for hydroxylation is 1. The van der Waals surface area contributed by atoms with Gasteiger partial charge >= 0.3 is 0 Å². The first-order valence-electron chi connectivity index (χ1n) is 11.1. The number of hydrogen-bond donors (Lipinski definition) is 1. The van der Waals surface area contributed by atoms with Gasteiger partial charge in [0.05, 0.1) is 7.11 Å². The third-order valence-electron chi connectivity index (χ3n) is 5.09. The van der Waals surface area contributed by atoms with Crippen molar-refractivity contribution in [3.8, 4) is 11.5 Å². The Kier molecular flexibility index (Phi) is 9.12. The van der Waals surface area contributed by atoms with Crippen molar-refractivity contribution in [1.82, 2.24) is 10.2 Å². The quantitative estimate of drug-likeness (QED) is 0.596. The lowest BCUT2D eigenvalue weighted by atomic mass is 10.1. The summed E-state index contributed by atoms with van der Waals surface area (Å²) in [5, 5.41) is 3.00. The van der Waals surface area contributed by atoms with Crippen LogP contribution in [0.1, 0.15) is 52.2 Å². The van der Waals surface area contributed by atoms with Gasteiger partial charge in [-0.2, -0.15) is 0 Å². The summed E-state index contributed by atoms with van der Waals surface area (Å²) in [6, 6.07) is 14.6. The first-order chi connectivity index (χ1) is 15.2. The van der Waals surface area contributed by atoms with Crippen LogP contribution in [0.2, 0.25) is 0 Å². The minimum absolute atomic E-state index is 0.138. The smallest absolute Gasteiger partial charge is 0.261 e. The Morgan fingerprint density at radius 3 is 2.00 bits per heavy atom. The molecule has 0 spiro atoms. The highest BCUT2D eigenvalue weighted by Crippen LogP contribution is 2.18. The molecule has 6 nitrogen and oxygen atoms in total. The molecule has 0 saturated heterocycles. The molecule has 174 valence electrons. The van der Waals surface area contributed by atoms with Crippen LogP contribution in [0.25, 0.3) is 0 Å². The molecule has 0 saturated carbocycles. The summed E-state index contributed by atoms with van der Waals surface area (Å²) in [7, 11) is 1.61. The average Bonchev–Trinajstić information content (AvgIpc) is 2.77. The average molecular weight is 441 g/mol. The maximum atomic E-state index is 13.2. The van der Waals surface area contributed by atoms with Crippen molar-refractivity contribution in [3.05, 3.63) is 59.7 Å². The number of nitrogens with one attached hydrogen (secondary N) is 1. The van der Waals surface area contributed by atoms with E-state index in [1.165, 1.54) is 5.56 Å². The van der Waals surface area contributed by atoms with Gasteiger partial charge in [0, 0.05) is 12.1 Å². The van der Waals surface area contributed by atoms with Crippen LogP contribution in [0.3, 0.4) is 0 Å². The summed E-state index contributed by atoms with van der Waals surface area (Å²) >= 11 is 0. The Balaban J connectivity index is 2.21. The fourth-order valence-electron chi connectivity index (χ4n) is 3.35. The number of carbonyl (C=O) groups excluding carboxylic acids is 2. The van der Waals surface area contributed by atoms with Crippen molar-refractivity contribution in [3.63, 3.8) is 0 Å². The van der Waals surface area contributed by atoms with E-state index in [1.807, 2.05) is 76.2 Å². The summed E-state index contributed by atoms with van der Waals surface area (Å²) < 4.78 is 11.0. The Labute approximate surface area is 191 Å². The van der Waals surface area contributed by atoms with Crippen molar-refractivity contribution in [2.75, 3.05) is 13.7 Å². The van der Waals surface area contributed by atoms with Gasteiger partial charge in [-0.05, 0) is 69.0 Å². The molecule has 0 aliphatic carbocycles. The number of rotatable bonds is 10. The lowest BCUT2D eigenvalue weighted by Gasteiger charge is -2.33. The molecule has 0 aliphatic rings. The van der Waals surface area contributed by atoms with Crippen LogP contribution < -0.4 is 14.8 Å². The summed E-state index contributed by atoms with van der Waals surface area (Å²) in [6.45, 7) is 9.94. The van der Waals surface area contributed by atoms with Gasteiger partial charge in [0.1, 0.15) is 17.5 Å². The Morgan fingerprint density at radius 1 is 0.938 bits per heavy atom. The molecule has 2 aromatic rings. The maximum absolute atomic E-state index is 13.2. The molecular formula is C26H36N2O4. The van der Waals surface area contributed by atoms with E-state index in [2.05, 4.69) is 12.2 Å². The number of ether oxygens (including phenoxy) is 2. The number of methoxy groups -OCH3 is 1. The summed E-state index contributed by atoms with van der Waals surface area (Å²) in [4.78, 5) is 27.8.